The Hall–Kier alpha value is -1.53. The maximum absolute atomic E-state index is 12.3. The number of carboxylic acid groups (broad SMARTS) is 1. The monoisotopic (exact) mass is 294 g/mol. The second kappa shape index (κ2) is 6.28. The predicted octanol–water partition coefficient (Wildman–Crippen LogP) is 1.11. The minimum Gasteiger partial charge on any atom is -0.480 e. The highest BCUT2D eigenvalue weighted by molar-refractivity contribution is 8.00. The van der Waals surface area contributed by atoms with Crippen LogP contribution in [0.2, 0.25) is 0 Å². The van der Waals surface area contributed by atoms with Crippen molar-refractivity contribution >= 4 is 29.3 Å². The van der Waals surface area contributed by atoms with E-state index in [1.807, 2.05) is 31.2 Å². The second-order valence-electron chi connectivity index (χ2n) is 4.91. The van der Waals surface area contributed by atoms with Crippen LogP contribution in [0.15, 0.2) is 24.3 Å². The number of carbonyl (C=O) groups excluding carboxylic acids is 1. The van der Waals surface area contributed by atoms with Gasteiger partial charge in [-0.1, -0.05) is 18.2 Å². The molecule has 6 heteroatoms. The summed E-state index contributed by atoms with van der Waals surface area (Å²) in [6.07, 6.45) is 0.862. The molecule has 0 saturated carbocycles. The van der Waals surface area contributed by atoms with Gasteiger partial charge in [0.15, 0.2) is 0 Å². The van der Waals surface area contributed by atoms with E-state index in [0.29, 0.717) is 0 Å². The highest BCUT2D eigenvalue weighted by Crippen LogP contribution is 2.32. The molecule has 0 fully saturated rings. The molecule has 20 heavy (non-hydrogen) atoms. The van der Waals surface area contributed by atoms with E-state index in [1.165, 1.54) is 17.3 Å². The summed E-state index contributed by atoms with van der Waals surface area (Å²) >= 11 is 1.26. The fourth-order valence-electron chi connectivity index (χ4n) is 2.36. The van der Waals surface area contributed by atoms with Gasteiger partial charge in [-0.15, -0.1) is 11.8 Å². The molecule has 1 aliphatic rings. The number of rotatable bonds is 5. The molecule has 1 amide bonds. The van der Waals surface area contributed by atoms with E-state index in [0.717, 1.165) is 12.1 Å². The molecule has 1 aliphatic heterocycles. The van der Waals surface area contributed by atoms with Crippen molar-refractivity contribution in [3.05, 3.63) is 29.8 Å². The van der Waals surface area contributed by atoms with Gasteiger partial charge in [0.25, 0.3) is 0 Å². The van der Waals surface area contributed by atoms with Gasteiger partial charge in [0, 0.05) is 17.5 Å². The van der Waals surface area contributed by atoms with Crippen LogP contribution >= 0.6 is 11.8 Å². The largest absolute Gasteiger partial charge is 0.480 e. The number of anilines is 1. The average molecular weight is 294 g/mol. The number of carbonyl (C=O) groups is 2. The van der Waals surface area contributed by atoms with Crippen molar-refractivity contribution in [3.8, 4) is 0 Å². The molecule has 2 atom stereocenters. The quantitative estimate of drug-likeness (QED) is 0.850. The lowest BCUT2D eigenvalue weighted by molar-refractivity contribution is -0.137. The number of fused-ring (bicyclic) bond motifs is 1. The van der Waals surface area contributed by atoms with Crippen LogP contribution in [0.3, 0.4) is 0 Å². The molecular weight excluding hydrogens is 276 g/mol. The van der Waals surface area contributed by atoms with Crippen LogP contribution in [-0.2, 0) is 16.0 Å². The topological polar surface area (TPSA) is 83.6 Å². The first-order chi connectivity index (χ1) is 9.50. The van der Waals surface area contributed by atoms with Crippen molar-refractivity contribution in [2.24, 2.45) is 5.73 Å². The number of amides is 1. The van der Waals surface area contributed by atoms with Crippen molar-refractivity contribution in [1.29, 1.82) is 0 Å². The number of nitrogens with two attached hydrogens (primary N) is 1. The Morgan fingerprint density at radius 3 is 2.90 bits per heavy atom. The fourth-order valence-corrected chi connectivity index (χ4v) is 3.19. The number of carboxylic acids is 1. The Balaban J connectivity index is 1.95. The van der Waals surface area contributed by atoms with Crippen LogP contribution in [-0.4, -0.2) is 40.6 Å². The molecule has 1 aromatic rings. The minimum absolute atomic E-state index is 0.00467. The summed E-state index contributed by atoms with van der Waals surface area (Å²) in [5.74, 6) is -0.542. The lowest BCUT2D eigenvalue weighted by Crippen LogP contribution is -2.38. The molecular formula is C14H18N2O3S. The summed E-state index contributed by atoms with van der Waals surface area (Å²) in [7, 11) is 0. The third kappa shape index (κ3) is 3.13. The van der Waals surface area contributed by atoms with Crippen LogP contribution in [0.25, 0.3) is 0 Å². The van der Waals surface area contributed by atoms with Crippen LogP contribution < -0.4 is 10.6 Å². The van der Waals surface area contributed by atoms with Crippen LogP contribution in [0, 0.1) is 0 Å². The Bertz CT molecular complexity index is 521. The highest BCUT2D eigenvalue weighted by Gasteiger charge is 2.30. The number of para-hydroxylation sites is 1. The molecule has 0 spiro atoms. The number of nitrogens with zero attached hydrogens (tertiary/aromatic N) is 1. The molecule has 1 heterocycles. The number of hydrogen-bond donors (Lipinski definition) is 2. The van der Waals surface area contributed by atoms with E-state index in [2.05, 4.69) is 0 Å². The highest BCUT2D eigenvalue weighted by atomic mass is 32.2. The number of hydrogen-bond acceptors (Lipinski definition) is 4. The van der Waals surface area contributed by atoms with E-state index < -0.39 is 12.0 Å². The van der Waals surface area contributed by atoms with Crippen molar-refractivity contribution in [2.45, 2.75) is 25.4 Å². The Morgan fingerprint density at radius 2 is 2.20 bits per heavy atom. The Kier molecular flexibility index (Phi) is 4.67. The molecule has 108 valence electrons. The van der Waals surface area contributed by atoms with E-state index in [-0.39, 0.29) is 23.5 Å². The van der Waals surface area contributed by atoms with E-state index in [9.17, 15) is 9.59 Å². The van der Waals surface area contributed by atoms with Crippen molar-refractivity contribution in [1.82, 2.24) is 0 Å². The third-order valence-corrected chi connectivity index (χ3v) is 4.36. The van der Waals surface area contributed by atoms with Crippen LogP contribution in [0.4, 0.5) is 5.69 Å². The molecule has 0 bridgehead atoms. The first kappa shape index (κ1) is 14.9. The van der Waals surface area contributed by atoms with Crippen LogP contribution in [0.5, 0.6) is 0 Å². The van der Waals surface area contributed by atoms with Gasteiger partial charge in [0.1, 0.15) is 6.04 Å². The Labute approximate surface area is 122 Å². The predicted molar refractivity (Wildman–Crippen MR) is 80.0 cm³/mol. The van der Waals surface area contributed by atoms with Gasteiger partial charge in [-0.25, -0.2) is 0 Å². The minimum atomic E-state index is -1.04. The number of thioether (sulfide) groups is 1. The second-order valence-corrected chi connectivity index (χ2v) is 5.94. The molecule has 1 aromatic carbocycles. The lowest BCUT2D eigenvalue weighted by atomic mass is 10.1. The fraction of sp³-hybridized carbons (Fsp3) is 0.429. The molecule has 5 nitrogen and oxygen atoms in total. The zero-order valence-corrected chi connectivity index (χ0v) is 12.1. The lowest BCUT2D eigenvalue weighted by Gasteiger charge is -2.22. The Morgan fingerprint density at radius 1 is 1.50 bits per heavy atom. The van der Waals surface area contributed by atoms with Gasteiger partial charge >= 0.3 is 5.97 Å². The molecule has 2 rings (SSSR count). The molecule has 3 N–H and O–H groups in total. The van der Waals surface area contributed by atoms with Crippen molar-refractivity contribution in [2.75, 3.05) is 16.4 Å². The summed E-state index contributed by atoms with van der Waals surface area (Å²) in [6, 6.07) is 7.10. The van der Waals surface area contributed by atoms with Gasteiger partial charge in [-0.05, 0) is 25.0 Å². The summed E-state index contributed by atoms with van der Waals surface area (Å²) in [6.45, 7) is 2.02. The maximum atomic E-state index is 12.3. The smallest absolute Gasteiger partial charge is 0.321 e. The third-order valence-electron chi connectivity index (χ3n) is 3.32. The average Bonchev–Trinajstić information content (AvgIpc) is 2.74. The van der Waals surface area contributed by atoms with Gasteiger partial charge in [-0.2, -0.15) is 0 Å². The summed E-state index contributed by atoms with van der Waals surface area (Å²) < 4.78 is 0. The maximum Gasteiger partial charge on any atom is 0.321 e. The van der Waals surface area contributed by atoms with Gasteiger partial charge in [-0.3, -0.25) is 9.59 Å². The van der Waals surface area contributed by atoms with Crippen LogP contribution in [0.1, 0.15) is 12.5 Å². The normalized spacial score (nSPS) is 18.7. The zero-order chi connectivity index (χ0) is 14.7. The molecule has 0 saturated heterocycles. The standard InChI is InChI=1S/C14H18N2O3S/c1-9-6-10-4-2-3-5-12(10)16(9)13(17)8-20-7-11(15)14(18)19/h2-5,9,11H,6-8,15H2,1H3,(H,18,19)/t9?,11-/m0/s1. The summed E-state index contributed by atoms with van der Waals surface area (Å²) in [4.78, 5) is 24.7. The summed E-state index contributed by atoms with van der Waals surface area (Å²) in [5.41, 5.74) is 7.56. The first-order valence-corrected chi connectivity index (χ1v) is 7.62. The summed E-state index contributed by atoms with van der Waals surface area (Å²) in [5, 5.41) is 8.70. The molecule has 0 radical (unpaired) electrons. The molecule has 1 unspecified atom stereocenters. The number of aliphatic carboxylic acids is 1. The van der Waals surface area contributed by atoms with Gasteiger partial charge in [0.05, 0.1) is 5.75 Å². The number of benzene rings is 1. The SMILES string of the molecule is CC1Cc2ccccc2N1C(=O)CSC[C@H](N)C(=O)O. The van der Waals surface area contributed by atoms with Crippen molar-refractivity contribution < 1.29 is 14.7 Å². The van der Waals surface area contributed by atoms with E-state index >= 15 is 0 Å². The zero-order valence-electron chi connectivity index (χ0n) is 11.3. The van der Waals surface area contributed by atoms with Gasteiger partial charge in [0.2, 0.25) is 5.91 Å². The van der Waals surface area contributed by atoms with Crippen molar-refractivity contribution in [3.63, 3.8) is 0 Å². The first-order valence-electron chi connectivity index (χ1n) is 6.46. The molecule has 0 aliphatic carbocycles. The van der Waals surface area contributed by atoms with E-state index in [1.54, 1.807) is 4.90 Å². The molecule has 0 aromatic heterocycles. The van der Waals surface area contributed by atoms with E-state index in [4.69, 9.17) is 10.8 Å². The van der Waals surface area contributed by atoms with Gasteiger partial charge < -0.3 is 15.7 Å².